The predicted octanol–water partition coefficient (Wildman–Crippen LogP) is 2.31. The van der Waals surface area contributed by atoms with Gasteiger partial charge in [-0.1, -0.05) is 19.4 Å². The number of carbonyl (C=O) groups excluding carboxylic acids is 1. The van der Waals surface area contributed by atoms with Gasteiger partial charge in [-0.25, -0.2) is 8.42 Å². The van der Waals surface area contributed by atoms with Gasteiger partial charge in [-0.05, 0) is 38.0 Å². The van der Waals surface area contributed by atoms with E-state index in [0.717, 1.165) is 24.7 Å². The first-order chi connectivity index (χ1) is 9.66. The van der Waals surface area contributed by atoms with Gasteiger partial charge in [0.1, 0.15) is 0 Å². The largest absolute Gasteiger partial charge is 0.350 e. The molecule has 118 valence electrons. The molecular formula is C15H24N2O3S. The molecule has 0 aliphatic carbocycles. The fourth-order valence-corrected chi connectivity index (χ4v) is 2.63. The summed E-state index contributed by atoms with van der Waals surface area (Å²) in [5.41, 5.74) is 1.79. The predicted molar refractivity (Wildman–Crippen MR) is 86.3 cm³/mol. The third kappa shape index (κ3) is 4.74. The molecule has 6 heteroatoms. The number of hydrogen-bond acceptors (Lipinski definition) is 3. The maximum Gasteiger partial charge on any atom is 0.251 e. The highest BCUT2D eigenvalue weighted by atomic mass is 32.2. The second-order valence-corrected chi connectivity index (χ2v) is 7.41. The van der Waals surface area contributed by atoms with Crippen molar-refractivity contribution in [1.82, 2.24) is 5.32 Å². The Morgan fingerprint density at radius 1 is 1.38 bits per heavy atom. The quantitative estimate of drug-likeness (QED) is 0.876. The van der Waals surface area contributed by atoms with E-state index in [-0.39, 0.29) is 11.9 Å². The van der Waals surface area contributed by atoms with Crippen LogP contribution >= 0.6 is 0 Å². The molecule has 1 rings (SSSR count). The van der Waals surface area contributed by atoms with E-state index in [4.69, 9.17) is 0 Å². The van der Waals surface area contributed by atoms with Crippen LogP contribution in [-0.4, -0.2) is 33.7 Å². The number of sulfonamides is 1. The highest BCUT2D eigenvalue weighted by molar-refractivity contribution is 7.92. The van der Waals surface area contributed by atoms with Crippen molar-refractivity contribution in [2.75, 3.05) is 17.6 Å². The van der Waals surface area contributed by atoms with Gasteiger partial charge in [-0.3, -0.25) is 9.10 Å². The lowest BCUT2D eigenvalue weighted by Gasteiger charge is -2.20. The number of aryl methyl sites for hydroxylation is 1. The van der Waals surface area contributed by atoms with Gasteiger partial charge in [-0.2, -0.15) is 0 Å². The summed E-state index contributed by atoms with van der Waals surface area (Å²) in [7, 11) is -1.87. The molecule has 0 aromatic heterocycles. The maximum absolute atomic E-state index is 12.2. The van der Waals surface area contributed by atoms with Crippen LogP contribution in [0.15, 0.2) is 18.2 Å². The van der Waals surface area contributed by atoms with Gasteiger partial charge >= 0.3 is 0 Å². The van der Waals surface area contributed by atoms with Gasteiger partial charge in [0.15, 0.2) is 0 Å². The maximum atomic E-state index is 12.2. The molecule has 1 amide bonds. The van der Waals surface area contributed by atoms with Crippen molar-refractivity contribution < 1.29 is 13.2 Å². The number of rotatable bonds is 6. The Hall–Kier alpha value is -1.56. The SMILES string of the molecule is CCCC(C)NC(=O)c1ccc(C)c(N(C)S(C)(=O)=O)c1. The third-order valence-corrected chi connectivity index (χ3v) is 4.60. The summed E-state index contributed by atoms with van der Waals surface area (Å²) in [4.78, 5) is 12.2. The van der Waals surface area contributed by atoms with Crippen LogP contribution in [0.5, 0.6) is 0 Å². The average Bonchev–Trinajstić information content (AvgIpc) is 2.37. The van der Waals surface area contributed by atoms with Gasteiger partial charge < -0.3 is 5.32 Å². The lowest BCUT2D eigenvalue weighted by Crippen LogP contribution is -2.32. The van der Waals surface area contributed by atoms with Crippen LogP contribution in [0.2, 0.25) is 0 Å². The molecule has 1 N–H and O–H groups in total. The molecule has 5 nitrogen and oxygen atoms in total. The van der Waals surface area contributed by atoms with Gasteiger partial charge in [0, 0.05) is 18.7 Å². The number of amides is 1. The van der Waals surface area contributed by atoms with Gasteiger partial charge in [0.05, 0.1) is 11.9 Å². The second-order valence-electron chi connectivity index (χ2n) is 5.39. The van der Waals surface area contributed by atoms with Crippen LogP contribution in [0.1, 0.15) is 42.6 Å². The molecule has 0 spiro atoms. The zero-order chi connectivity index (χ0) is 16.2. The Balaban J connectivity index is 3.04. The first-order valence-corrected chi connectivity index (χ1v) is 8.87. The molecule has 1 aromatic carbocycles. The summed E-state index contributed by atoms with van der Waals surface area (Å²) >= 11 is 0. The molecule has 0 aliphatic heterocycles. The van der Waals surface area contributed by atoms with Gasteiger partial charge in [0.25, 0.3) is 5.91 Å². The fourth-order valence-electron chi connectivity index (χ4n) is 2.08. The molecule has 0 saturated heterocycles. The van der Waals surface area contributed by atoms with Crippen molar-refractivity contribution in [3.05, 3.63) is 29.3 Å². The smallest absolute Gasteiger partial charge is 0.251 e. The Morgan fingerprint density at radius 2 is 2.00 bits per heavy atom. The third-order valence-electron chi connectivity index (χ3n) is 3.41. The van der Waals surface area contributed by atoms with Gasteiger partial charge in [-0.15, -0.1) is 0 Å². The van der Waals surface area contributed by atoms with Crippen molar-refractivity contribution in [1.29, 1.82) is 0 Å². The molecule has 1 aromatic rings. The van der Waals surface area contributed by atoms with Crippen LogP contribution < -0.4 is 9.62 Å². The van der Waals surface area contributed by atoms with E-state index >= 15 is 0 Å². The molecule has 0 radical (unpaired) electrons. The number of hydrogen-bond donors (Lipinski definition) is 1. The Bertz CT molecular complexity index is 611. The van der Waals surface area contributed by atoms with Crippen LogP contribution in [0.25, 0.3) is 0 Å². The molecule has 0 bridgehead atoms. The minimum atomic E-state index is -3.35. The minimum absolute atomic E-state index is 0.0971. The zero-order valence-electron chi connectivity index (χ0n) is 13.3. The fraction of sp³-hybridized carbons (Fsp3) is 0.533. The molecule has 0 aliphatic rings. The van der Waals surface area contributed by atoms with E-state index in [1.807, 2.05) is 13.8 Å². The molecule has 0 saturated carbocycles. The summed E-state index contributed by atoms with van der Waals surface area (Å²) in [5.74, 6) is -0.181. The van der Waals surface area contributed by atoms with Crippen molar-refractivity contribution in [2.45, 2.75) is 39.7 Å². The number of carbonyl (C=O) groups is 1. The monoisotopic (exact) mass is 312 g/mol. The normalized spacial score (nSPS) is 12.8. The topological polar surface area (TPSA) is 66.5 Å². The molecular weight excluding hydrogens is 288 g/mol. The standard InChI is InChI=1S/C15H24N2O3S/c1-6-7-12(3)16-15(18)13-9-8-11(2)14(10-13)17(4)21(5,19)20/h8-10,12H,6-7H2,1-5H3,(H,16,18). The van der Waals surface area contributed by atoms with Crippen molar-refractivity contribution in [2.24, 2.45) is 0 Å². The average molecular weight is 312 g/mol. The van der Waals surface area contributed by atoms with E-state index in [2.05, 4.69) is 12.2 Å². The molecule has 21 heavy (non-hydrogen) atoms. The number of benzene rings is 1. The Labute approximate surface area is 127 Å². The van der Waals surface area contributed by atoms with Crippen LogP contribution in [0, 0.1) is 6.92 Å². The van der Waals surface area contributed by atoms with Gasteiger partial charge in [0.2, 0.25) is 10.0 Å². The summed E-state index contributed by atoms with van der Waals surface area (Å²) in [6.07, 6.45) is 3.05. The number of anilines is 1. The van der Waals surface area contributed by atoms with Crippen molar-refractivity contribution >= 4 is 21.6 Å². The lowest BCUT2D eigenvalue weighted by atomic mass is 10.1. The molecule has 1 atom stereocenters. The molecule has 0 fully saturated rings. The van der Waals surface area contributed by atoms with Crippen LogP contribution in [0.3, 0.4) is 0 Å². The summed E-state index contributed by atoms with van der Waals surface area (Å²) < 4.78 is 24.5. The van der Waals surface area contributed by atoms with E-state index in [1.165, 1.54) is 11.4 Å². The lowest BCUT2D eigenvalue weighted by molar-refractivity contribution is 0.0938. The zero-order valence-corrected chi connectivity index (χ0v) is 14.1. The number of nitrogens with one attached hydrogen (secondary N) is 1. The Kier molecular flexibility index (Phi) is 5.78. The summed E-state index contributed by atoms with van der Waals surface area (Å²) in [5, 5.41) is 2.91. The summed E-state index contributed by atoms with van der Waals surface area (Å²) in [6, 6.07) is 5.18. The first kappa shape index (κ1) is 17.5. The highest BCUT2D eigenvalue weighted by Crippen LogP contribution is 2.22. The van der Waals surface area contributed by atoms with E-state index in [9.17, 15) is 13.2 Å². The highest BCUT2D eigenvalue weighted by Gasteiger charge is 2.17. The van der Waals surface area contributed by atoms with Crippen LogP contribution in [0.4, 0.5) is 5.69 Å². The second kappa shape index (κ2) is 6.93. The summed E-state index contributed by atoms with van der Waals surface area (Å²) in [6.45, 7) is 5.84. The van der Waals surface area contributed by atoms with Crippen LogP contribution in [-0.2, 0) is 10.0 Å². The van der Waals surface area contributed by atoms with E-state index < -0.39 is 10.0 Å². The first-order valence-electron chi connectivity index (χ1n) is 7.02. The number of nitrogens with zero attached hydrogens (tertiary/aromatic N) is 1. The van der Waals surface area contributed by atoms with Crippen molar-refractivity contribution in [3.63, 3.8) is 0 Å². The Morgan fingerprint density at radius 3 is 2.52 bits per heavy atom. The van der Waals surface area contributed by atoms with Crippen molar-refractivity contribution in [3.8, 4) is 0 Å². The molecule has 0 heterocycles. The van der Waals surface area contributed by atoms with E-state index in [0.29, 0.717) is 11.3 Å². The molecule has 1 unspecified atom stereocenters. The van der Waals surface area contributed by atoms with E-state index in [1.54, 1.807) is 18.2 Å². The minimum Gasteiger partial charge on any atom is -0.350 e.